The van der Waals surface area contributed by atoms with Gasteiger partial charge in [-0.2, -0.15) is 10.5 Å². The number of rotatable bonds is 0. The molecule has 2 heteroatoms. The van der Waals surface area contributed by atoms with Crippen molar-refractivity contribution in [2.24, 2.45) is 0 Å². The van der Waals surface area contributed by atoms with Crippen LogP contribution in [0.25, 0.3) is 0 Å². The molecule has 1 rings (SSSR count). The third kappa shape index (κ3) is 1.75. The number of nitriles is 2. The molecule has 70 valence electrons. The molecular weight excluding hydrogens is 172 g/mol. The van der Waals surface area contributed by atoms with Crippen LogP contribution in [0.3, 0.4) is 0 Å². The molecule has 0 fully saturated rings. The number of benzene rings is 1. The molecule has 0 aliphatic carbocycles. The largest absolute Gasteiger partial charge is 0.192 e. The van der Waals surface area contributed by atoms with Gasteiger partial charge >= 0.3 is 0 Å². The highest BCUT2D eigenvalue weighted by molar-refractivity contribution is 5.51. The molecule has 0 N–H and O–H groups in total. The van der Waals surface area contributed by atoms with Gasteiger partial charge in [-0.3, -0.25) is 0 Å². The monoisotopic (exact) mass is 184 g/mol. The topological polar surface area (TPSA) is 47.6 Å². The van der Waals surface area contributed by atoms with Crippen LogP contribution >= 0.6 is 0 Å². The van der Waals surface area contributed by atoms with E-state index in [2.05, 4.69) is 12.1 Å². The second kappa shape index (κ2) is 3.52. The number of hydrogen-bond acceptors (Lipinski definition) is 2. The molecule has 0 radical (unpaired) electrons. The molecule has 0 aliphatic heterocycles. The van der Waals surface area contributed by atoms with Crippen LogP contribution in [0.15, 0.2) is 18.2 Å². The fraction of sp³-hybridized carbons (Fsp3) is 0.333. The van der Waals surface area contributed by atoms with Gasteiger partial charge in [0.15, 0.2) is 0 Å². The van der Waals surface area contributed by atoms with Crippen LogP contribution in [-0.4, -0.2) is 0 Å². The molecule has 2 nitrogen and oxygen atoms in total. The van der Waals surface area contributed by atoms with Gasteiger partial charge in [0.25, 0.3) is 0 Å². The van der Waals surface area contributed by atoms with Crippen LogP contribution in [0.5, 0.6) is 0 Å². The van der Waals surface area contributed by atoms with E-state index in [4.69, 9.17) is 10.5 Å². The maximum atomic E-state index is 8.94. The van der Waals surface area contributed by atoms with Gasteiger partial charge in [0.1, 0.15) is 0 Å². The molecule has 0 heterocycles. The highest BCUT2D eigenvalue weighted by atomic mass is 14.3. The van der Waals surface area contributed by atoms with Gasteiger partial charge in [-0.25, -0.2) is 0 Å². The van der Waals surface area contributed by atoms with E-state index < -0.39 is 0 Å². The molecule has 0 bridgehead atoms. The summed E-state index contributed by atoms with van der Waals surface area (Å²) in [6.45, 7) is 6.01. The standard InChI is InChI=1S/C12H12N2/c1-12(2,3)11-9(7-13)5-4-6-10(11)8-14/h4-6H,1-3H3. The quantitative estimate of drug-likeness (QED) is 0.622. The molecule has 1 aromatic rings. The van der Waals surface area contributed by atoms with Gasteiger partial charge < -0.3 is 0 Å². The Hall–Kier alpha value is -1.80. The van der Waals surface area contributed by atoms with E-state index in [0.29, 0.717) is 11.1 Å². The molecule has 1 aromatic carbocycles. The molecule has 0 amide bonds. The van der Waals surface area contributed by atoms with Crippen LogP contribution in [0.1, 0.15) is 37.5 Å². The predicted octanol–water partition coefficient (Wildman–Crippen LogP) is 2.73. The smallest absolute Gasteiger partial charge is 0.0995 e. The van der Waals surface area contributed by atoms with Crippen molar-refractivity contribution in [2.75, 3.05) is 0 Å². The van der Waals surface area contributed by atoms with Crippen molar-refractivity contribution in [2.45, 2.75) is 26.2 Å². The van der Waals surface area contributed by atoms with Crippen molar-refractivity contribution in [1.29, 1.82) is 10.5 Å². The van der Waals surface area contributed by atoms with Gasteiger partial charge in [-0.05, 0) is 23.1 Å². The van der Waals surface area contributed by atoms with E-state index in [9.17, 15) is 0 Å². The molecule has 0 saturated heterocycles. The lowest BCUT2D eigenvalue weighted by molar-refractivity contribution is 0.587. The number of hydrogen-bond donors (Lipinski definition) is 0. The first-order chi connectivity index (χ1) is 6.50. The first kappa shape index (κ1) is 10.3. The minimum Gasteiger partial charge on any atom is -0.192 e. The minimum atomic E-state index is -0.169. The molecule has 0 atom stereocenters. The second-order valence-corrected chi connectivity index (χ2v) is 4.20. The Balaban J connectivity index is 3.54. The SMILES string of the molecule is CC(C)(C)c1c(C#N)cccc1C#N. The van der Waals surface area contributed by atoms with Crippen LogP contribution in [0.2, 0.25) is 0 Å². The molecule has 0 aromatic heterocycles. The molecule has 0 aliphatic rings. The molecule has 0 saturated carbocycles. The Labute approximate surface area is 84.4 Å². The summed E-state index contributed by atoms with van der Waals surface area (Å²) >= 11 is 0. The van der Waals surface area contributed by atoms with Gasteiger partial charge in [0.05, 0.1) is 23.3 Å². The average molecular weight is 184 g/mol. The maximum absolute atomic E-state index is 8.94. The Kier molecular flexibility index (Phi) is 2.58. The summed E-state index contributed by atoms with van der Waals surface area (Å²) < 4.78 is 0. The van der Waals surface area contributed by atoms with Crippen molar-refractivity contribution >= 4 is 0 Å². The minimum absolute atomic E-state index is 0.169. The Morgan fingerprint density at radius 3 is 1.71 bits per heavy atom. The first-order valence-corrected chi connectivity index (χ1v) is 4.44. The normalized spacial score (nSPS) is 10.4. The van der Waals surface area contributed by atoms with Gasteiger partial charge in [-0.1, -0.05) is 26.8 Å². The van der Waals surface area contributed by atoms with Crippen molar-refractivity contribution in [1.82, 2.24) is 0 Å². The lowest BCUT2D eigenvalue weighted by atomic mass is 9.81. The van der Waals surface area contributed by atoms with Gasteiger partial charge in [-0.15, -0.1) is 0 Å². The van der Waals surface area contributed by atoms with Gasteiger partial charge in [0.2, 0.25) is 0 Å². The fourth-order valence-electron chi connectivity index (χ4n) is 1.55. The third-order valence-corrected chi connectivity index (χ3v) is 2.06. The van der Waals surface area contributed by atoms with E-state index in [1.165, 1.54) is 0 Å². The Bertz CT molecular complexity index is 393. The molecule has 0 spiro atoms. The number of nitrogens with zero attached hydrogens (tertiary/aromatic N) is 2. The highest BCUT2D eigenvalue weighted by Gasteiger charge is 2.21. The van der Waals surface area contributed by atoms with E-state index in [0.717, 1.165) is 5.56 Å². The van der Waals surface area contributed by atoms with Crippen molar-refractivity contribution < 1.29 is 0 Å². The summed E-state index contributed by atoms with van der Waals surface area (Å²) in [5, 5.41) is 17.9. The molecular formula is C12H12N2. The Morgan fingerprint density at radius 1 is 1.00 bits per heavy atom. The zero-order chi connectivity index (χ0) is 10.8. The van der Waals surface area contributed by atoms with Crippen LogP contribution in [-0.2, 0) is 5.41 Å². The summed E-state index contributed by atoms with van der Waals surface area (Å²) in [6.07, 6.45) is 0. The third-order valence-electron chi connectivity index (χ3n) is 2.06. The van der Waals surface area contributed by atoms with Crippen LogP contribution in [0, 0.1) is 22.7 Å². The van der Waals surface area contributed by atoms with E-state index in [1.54, 1.807) is 18.2 Å². The lowest BCUT2D eigenvalue weighted by Crippen LogP contribution is -2.15. The van der Waals surface area contributed by atoms with E-state index in [1.807, 2.05) is 20.8 Å². The van der Waals surface area contributed by atoms with Crippen molar-refractivity contribution in [3.05, 3.63) is 34.9 Å². The molecule has 0 unspecified atom stereocenters. The zero-order valence-corrected chi connectivity index (χ0v) is 8.63. The summed E-state index contributed by atoms with van der Waals surface area (Å²) in [6, 6.07) is 9.50. The van der Waals surface area contributed by atoms with Crippen molar-refractivity contribution in [3.63, 3.8) is 0 Å². The fourth-order valence-corrected chi connectivity index (χ4v) is 1.55. The van der Waals surface area contributed by atoms with Crippen LogP contribution < -0.4 is 0 Å². The summed E-state index contributed by atoms with van der Waals surface area (Å²) in [5.74, 6) is 0. The highest BCUT2D eigenvalue weighted by Crippen LogP contribution is 2.28. The second-order valence-electron chi connectivity index (χ2n) is 4.20. The van der Waals surface area contributed by atoms with E-state index in [-0.39, 0.29) is 5.41 Å². The van der Waals surface area contributed by atoms with Gasteiger partial charge in [0, 0.05) is 0 Å². The first-order valence-electron chi connectivity index (χ1n) is 4.44. The maximum Gasteiger partial charge on any atom is 0.0995 e. The lowest BCUT2D eigenvalue weighted by Gasteiger charge is -2.21. The predicted molar refractivity (Wildman–Crippen MR) is 54.6 cm³/mol. The van der Waals surface area contributed by atoms with Crippen LogP contribution in [0.4, 0.5) is 0 Å². The van der Waals surface area contributed by atoms with E-state index >= 15 is 0 Å². The summed E-state index contributed by atoms with van der Waals surface area (Å²) in [5.41, 5.74) is 1.86. The Morgan fingerprint density at radius 2 is 1.43 bits per heavy atom. The average Bonchev–Trinajstić information content (AvgIpc) is 2.15. The summed E-state index contributed by atoms with van der Waals surface area (Å²) in [4.78, 5) is 0. The van der Waals surface area contributed by atoms with Crippen molar-refractivity contribution in [3.8, 4) is 12.1 Å². The molecule has 14 heavy (non-hydrogen) atoms. The zero-order valence-electron chi connectivity index (χ0n) is 8.63. The summed E-state index contributed by atoms with van der Waals surface area (Å²) in [7, 11) is 0.